The zero-order valence-corrected chi connectivity index (χ0v) is 7.12. The second-order valence-electron chi connectivity index (χ2n) is 3.49. The molecule has 12 heavy (non-hydrogen) atoms. The average Bonchev–Trinajstić information content (AvgIpc) is 2.06. The largest absolute Gasteiger partial charge is 0.399 e. The lowest BCUT2D eigenvalue weighted by atomic mass is 9.79. The van der Waals surface area contributed by atoms with Gasteiger partial charge in [-0.15, -0.1) is 0 Å². The molecule has 0 bridgehead atoms. The second-order valence-corrected chi connectivity index (χ2v) is 3.49. The zero-order valence-electron chi connectivity index (χ0n) is 7.12. The first-order valence-electron chi connectivity index (χ1n) is 4.10. The minimum Gasteiger partial charge on any atom is -0.399 e. The monoisotopic (exact) mass is 160 g/mol. The predicted octanol–water partition coefficient (Wildman–Crippen LogP) is 1.76. The first kappa shape index (κ1) is 7.35. The van der Waals surface area contributed by atoms with Gasteiger partial charge in [0.25, 0.3) is 0 Å². The molecule has 0 unspecified atom stereocenters. The number of nitrogens with zero attached hydrogens (tertiary/aromatic N) is 1. The lowest BCUT2D eigenvalue weighted by Gasteiger charge is -2.30. The van der Waals surface area contributed by atoms with Crippen LogP contribution in [-0.2, 0) is 0 Å². The minimum absolute atomic E-state index is 0.0810. The fourth-order valence-electron chi connectivity index (χ4n) is 1.53. The molecule has 0 saturated heterocycles. The van der Waals surface area contributed by atoms with Gasteiger partial charge in [-0.25, -0.2) is 0 Å². The minimum atomic E-state index is 0.0810. The molecule has 2 N–H and O–H groups in total. The zero-order chi connectivity index (χ0) is 8.60. The van der Waals surface area contributed by atoms with Gasteiger partial charge in [-0.2, -0.15) is 0 Å². The third-order valence-corrected chi connectivity index (χ3v) is 2.41. The smallest absolute Gasteiger partial charge is 0.0523 e. The molecule has 0 spiro atoms. The van der Waals surface area contributed by atoms with E-state index in [0.29, 0.717) is 0 Å². The van der Waals surface area contributed by atoms with Crippen LogP contribution in [0.15, 0.2) is 40.7 Å². The summed E-state index contributed by atoms with van der Waals surface area (Å²) in [4.78, 5) is 4.30. The van der Waals surface area contributed by atoms with Gasteiger partial charge in [0, 0.05) is 17.3 Å². The van der Waals surface area contributed by atoms with Crippen LogP contribution in [-0.4, -0.2) is 6.21 Å². The van der Waals surface area contributed by atoms with Gasteiger partial charge in [0.05, 0.1) is 5.70 Å². The number of dihydropyridines is 1. The van der Waals surface area contributed by atoms with E-state index in [4.69, 9.17) is 5.73 Å². The quantitative estimate of drug-likeness (QED) is 0.576. The van der Waals surface area contributed by atoms with E-state index in [0.717, 1.165) is 17.8 Å². The van der Waals surface area contributed by atoms with Crippen LogP contribution in [0.25, 0.3) is 0 Å². The molecule has 1 aliphatic carbocycles. The van der Waals surface area contributed by atoms with Crippen molar-refractivity contribution in [1.29, 1.82) is 0 Å². The summed E-state index contributed by atoms with van der Waals surface area (Å²) >= 11 is 0. The molecule has 2 heteroatoms. The highest BCUT2D eigenvalue weighted by Crippen LogP contribution is 2.38. The lowest BCUT2D eigenvalue weighted by Crippen LogP contribution is -2.21. The molecule has 0 aromatic carbocycles. The first-order valence-corrected chi connectivity index (χ1v) is 4.10. The van der Waals surface area contributed by atoms with Crippen molar-refractivity contribution in [1.82, 2.24) is 0 Å². The Morgan fingerprint density at radius 2 is 2.42 bits per heavy atom. The molecule has 0 radical (unpaired) electrons. The summed E-state index contributed by atoms with van der Waals surface area (Å²) in [6.07, 6.45) is 10.9. The number of nitrogens with two attached hydrogens (primary N) is 1. The molecule has 0 amide bonds. The number of aliphatic imine (C=N–C) groups is 1. The van der Waals surface area contributed by atoms with E-state index in [1.54, 1.807) is 0 Å². The highest BCUT2D eigenvalue weighted by molar-refractivity contribution is 5.75. The summed E-state index contributed by atoms with van der Waals surface area (Å²) in [5.41, 5.74) is 7.67. The summed E-state index contributed by atoms with van der Waals surface area (Å²) in [5, 5.41) is 0. The lowest BCUT2D eigenvalue weighted by molar-refractivity contribution is 0.505. The molecule has 0 aromatic heterocycles. The fraction of sp³-hybridized carbons (Fsp3) is 0.300. The molecule has 2 nitrogen and oxygen atoms in total. The fourth-order valence-corrected chi connectivity index (χ4v) is 1.53. The molecule has 0 saturated carbocycles. The highest BCUT2D eigenvalue weighted by atomic mass is 14.8. The van der Waals surface area contributed by atoms with Crippen LogP contribution in [0.4, 0.5) is 0 Å². The highest BCUT2D eigenvalue weighted by Gasteiger charge is 2.28. The van der Waals surface area contributed by atoms with E-state index in [1.165, 1.54) is 0 Å². The van der Waals surface area contributed by atoms with Crippen LogP contribution >= 0.6 is 0 Å². The van der Waals surface area contributed by atoms with Crippen molar-refractivity contribution in [2.45, 2.75) is 13.3 Å². The summed E-state index contributed by atoms with van der Waals surface area (Å²) < 4.78 is 0. The second kappa shape index (κ2) is 2.34. The molecule has 2 rings (SSSR count). The van der Waals surface area contributed by atoms with Crippen LogP contribution in [0.2, 0.25) is 0 Å². The molecular formula is C10H12N2. The average molecular weight is 160 g/mol. The molecule has 2 aliphatic rings. The molecule has 1 aliphatic heterocycles. The molecule has 0 aromatic rings. The molecule has 1 atom stereocenters. The third kappa shape index (κ3) is 0.998. The maximum atomic E-state index is 5.69. The van der Waals surface area contributed by atoms with E-state index in [9.17, 15) is 0 Å². The molecule has 1 heterocycles. The summed E-state index contributed by atoms with van der Waals surface area (Å²) in [7, 11) is 0. The van der Waals surface area contributed by atoms with Crippen molar-refractivity contribution in [2.75, 3.05) is 0 Å². The van der Waals surface area contributed by atoms with Crippen molar-refractivity contribution in [3.05, 3.63) is 35.7 Å². The van der Waals surface area contributed by atoms with E-state index < -0.39 is 0 Å². The van der Waals surface area contributed by atoms with E-state index in [-0.39, 0.29) is 5.41 Å². The number of hydrogen-bond donors (Lipinski definition) is 1. The molecular weight excluding hydrogens is 148 g/mol. The van der Waals surface area contributed by atoms with Gasteiger partial charge in [-0.05, 0) is 18.6 Å². The number of hydrogen-bond acceptors (Lipinski definition) is 2. The van der Waals surface area contributed by atoms with Gasteiger partial charge >= 0.3 is 0 Å². The molecule has 62 valence electrons. The van der Waals surface area contributed by atoms with Crippen LogP contribution < -0.4 is 5.73 Å². The van der Waals surface area contributed by atoms with Crippen LogP contribution in [0.3, 0.4) is 0 Å². The van der Waals surface area contributed by atoms with E-state index in [1.807, 2.05) is 18.4 Å². The molecule has 0 fully saturated rings. The first-order chi connectivity index (χ1) is 5.71. The summed E-state index contributed by atoms with van der Waals surface area (Å²) in [6, 6.07) is 0. The van der Waals surface area contributed by atoms with Gasteiger partial charge in [0.1, 0.15) is 0 Å². The van der Waals surface area contributed by atoms with Gasteiger partial charge in [0.15, 0.2) is 0 Å². The number of rotatable bonds is 0. The normalized spacial score (nSPS) is 32.4. The van der Waals surface area contributed by atoms with Crippen LogP contribution in [0, 0.1) is 5.41 Å². The van der Waals surface area contributed by atoms with Gasteiger partial charge in [-0.3, -0.25) is 4.99 Å². The Balaban J connectivity index is 2.44. The van der Waals surface area contributed by atoms with Gasteiger partial charge in [-0.1, -0.05) is 19.1 Å². The number of fused-ring (bicyclic) bond motifs is 1. The van der Waals surface area contributed by atoms with Crippen molar-refractivity contribution < 1.29 is 0 Å². The van der Waals surface area contributed by atoms with Crippen molar-refractivity contribution in [3.63, 3.8) is 0 Å². The van der Waals surface area contributed by atoms with E-state index >= 15 is 0 Å². The van der Waals surface area contributed by atoms with Crippen LogP contribution in [0.5, 0.6) is 0 Å². The standard InChI is InChI=1S/C10H12N2/c1-10-4-2-6-12-9(10)7-8(11)3-5-10/h2-4,6-7H,5,11H2,1H3/t10-/m0/s1. The summed E-state index contributed by atoms with van der Waals surface area (Å²) in [6.45, 7) is 2.18. The predicted molar refractivity (Wildman–Crippen MR) is 50.7 cm³/mol. The SMILES string of the molecule is C[C@@]12C=CC=NC1=CC(N)=CC2. The van der Waals surface area contributed by atoms with Crippen LogP contribution in [0.1, 0.15) is 13.3 Å². The Kier molecular flexibility index (Phi) is 1.43. The van der Waals surface area contributed by atoms with E-state index in [2.05, 4.69) is 24.1 Å². The Morgan fingerprint density at radius 3 is 3.25 bits per heavy atom. The Hall–Kier alpha value is -1.31. The van der Waals surface area contributed by atoms with Crippen molar-refractivity contribution in [3.8, 4) is 0 Å². The van der Waals surface area contributed by atoms with Crippen molar-refractivity contribution >= 4 is 6.21 Å². The maximum absolute atomic E-state index is 5.69. The topological polar surface area (TPSA) is 38.4 Å². The maximum Gasteiger partial charge on any atom is 0.0523 e. The number of allylic oxidation sites excluding steroid dienone is 4. The van der Waals surface area contributed by atoms with Gasteiger partial charge in [0.2, 0.25) is 0 Å². The van der Waals surface area contributed by atoms with Gasteiger partial charge < -0.3 is 5.73 Å². The summed E-state index contributed by atoms with van der Waals surface area (Å²) in [5.74, 6) is 0. The Bertz CT molecular complexity index is 321. The Labute approximate surface area is 72.2 Å². The Morgan fingerprint density at radius 1 is 1.58 bits per heavy atom. The third-order valence-electron chi connectivity index (χ3n) is 2.41. The van der Waals surface area contributed by atoms with Crippen molar-refractivity contribution in [2.24, 2.45) is 16.1 Å².